The molecule has 0 saturated carbocycles. The van der Waals surface area contributed by atoms with Crippen LogP contribution < -0.4 is 10.4 Å². The largest absolute Gasteiger partial charge is 0.368 e. The van der Waals surface area contributed by atoms with Crippen molar-refractivity contribution in [2.75, 3.05) is 5.01 Å². The van der Waals surface area contributed by atoms with E-state index in [9.17, 15) is 5.11 Å². The van der Waals surface area contributed by atoms with Crippen molar-refractivity contribution in [3.05, 3.63) is 84.7 Å². The van der Waals surface area contributed by atoms with E-state index in [2.05, 4.69) is 20.0 Å². The van der Waals surface area contributed by atoms with Gasteiger partial charge in [-0.25, -0.2) is 9.99 Å². The Labute approximate surface area is 139 Å². The third-order valence-electron chi connectivity index (χ3n) is 3.96. The van der Waals surface area contributed by atoms with E-state index in [1.165, 1.54) is 0 Å². The van der Waals surface area contributed by atoms with Crippen LogP contribution in [-0.2, 0) is 6.54 Å². The van der Waals surface area contributed by atoms with Crippen LogP contribution in [-0.4, -0.2) is 25.9 Å². The molecule has 6 heteroatoms. The molecule has 1 unspecified atom stereocenters. The minimum absolute atomic E-state index is 0.661. The maximum atomic E-state index is 10.6. The molecule has 1 aliphatic heterocycles. The van der Waals surface area contributed by atoms with Gasteiger partial charge in [0.15, 0.2) is 6.23 Å². The van der Waals surface area contributed by atoms with Gasteiger partial charge in [0.25, 0.3) is 0 Å². The van der Waals surface area contributed by atoms with E-state index in [0.29, 0.717) is 5.82 Å². The predicted octanol–water partition coefficient (Wildman–Crippen LogP) is 2.01. The first kappa shape index (κ1) is 14.5. The molecule has 1 atom stereocenters. The first-order valence-corrected chi connectivity index (χ1v) is 7.71. The number of hydrazine groups is 1. The normalized spacial score (nSPS) is 16.8. The Morgan fingerprint density at radius 3 is 2.67 bits per heavy atom. The molecule has 3 aromatic heterocycles. The van der Waals surface area contributed by atoms with Gasteiger partial charge in [0.05, 0.1) is 0 Å². The molecule has 3 aromatic rings. The lowest BCUT2D eigenvalue weighted by Crippen LogP contribution is -2.38. The molecule has 1 aliphatic rings. The maximum Gasteiger partial charge on any atom is 0.175 e. The summed E-state index contributed by atoms with van der Waals surface area (Å²) in [5.74, 6) is 0.661. The van der Waals surface area contributed by atoms with Gasteiger partial charge >= 0.3 is 0 Å². The summed E-state index contributed by atoms with van der Waals surface area (Å²) >= 11 is 0. The average molecular weight is 319 g/mol. The zero-order valence-electron chi connectivity index (χ0n) is 12.9. The molecular formula is C18H17N5O. The molecule has 120 valence electrons. The van der Waals surface area contributed by atoms with Crippen LogP contribution in [0.25, 0.3) is 5.57 Å². The van der Waals surface area contributed by atoms with Gasteiger partial charge in [0.2, 0.25) is 0 Å². The van der Waals surface area contributed by atoms with Crippen LogP contribution >= 0.6 is 0 Å². The number of aliphatic hydroxyl groups is 1. The van der Waals surface area contributed by atoms with Crippen LogP contribution in [0, 0.1) is 0 Å². The van der Waals surface area contributed by atoms with Gasteiger partial charge in [-0.1, -0.05) is 12.1 Å². The summed E-state index contributed by atoms with van der Waals surface area (Å²) in [5.41, 5.74) is 5.81. The van der Waals surface area contributed by atoms with Gasteiger partial charge in [-0.2, -0.15) is 0 Å². The molecule has 0 bridgehead atoms. The molecule has 0 saturated heterocycles. The van der Waals surface area contributed by atoms with Crippen molar-refractivity contribution < 1.29 is 5.11 Å². The van der Waals surface area contributed by atoms with Crippen molar-refractivity contribution in [1.29, 1.82) is 0 Å². The van der Waals surface area contributed by atoms with Gasteiger partial charge in [-0.3, -0.25) is 4.98 Å². The number of anilines is 1. The average Bonchev–Trinajstić information content (AvgIpc) is 3.26. The number of pyridine rings is 2. The fraction of sp³-hybridized carbons (Fsp3) is 0.111. The van der Waals surface area contributed by atoms with E-state index in [-0.39, 0.29) is 0 Å². The van der Waals surface area contributed by atoms with Gasteiger partial charge in [-0.05, 0) is 29.8 Å². The van der Waals surface area contributed by atoms with Gasteiger partial charge in [0.1, 0.15) is 5.82 Å². The summed E-state index contributed by atoms with van der Waals surface area (Å²) in [7, 11) is 0. The van der Waals surface area contributed by atoms with Crippen molar-refractivity contribution in [2.24, 2.45) is 0 Å². The van der Waals surface area contributed by atoms with E-state index in [0.717, 1.165) is 23.2 Å². The van der Waals surface area contributed by atoms with Crippen molar-refractivity contribution in [2.45, 2.75) is 12.8 Å². The summed E-state index contributed by atoms with van der Waals surface area (Å²) in [6.07, 6.45) is 10.3. The van der Waals surface area contributed by atoms with Crippen molar-refractivity contribution in [1.82, 2.24) is 20.0 Å². The fourth-order valence-electron chi connectivity index (χ4n) is 2.72. The van der Waals surface area contributed by atoms with E-state index in [1.807, 2.05) is 55.0 Å². The van der Waals surface area contributed by atoms with Gasteiger partial charge < -0.3 is 15.1 Å². The standard InChI is InChI=1S/C18H17N5O/c24-18-16(15-4-3-7-19-11-15)12-21-23(18)17-6-5-14(10-20-17)13-22-8-1-2-9-22/h1-12,18,21,24H,13H2. The monoisotopic (exact) mass is 319 g/mol. The Hall–Kier alpha value is -3.12. The highest BCUT2D eigenvalue weighted by Crippen LogP contribution is 2.26. The van der Waals surface area contributed by atoms with Crippen molar-refractivity contribution in [3.8, 4) is 0 Å². The van der Waals surface area contributed by atoms with Crippen molar-refractivity contribution in [3.63, 3.8) is 0 Å². The quantitative estimate of drug-likeness (QED) is 0.770. The minimum Gasteiger partial charge on any atom is -0.368 e. The lowest BCUT2D eigenvalue weighted by Gasteiger charge is -2.23. The smallest absolute Gasteiger partial charge is 0.175 e. The molecule has 0 spiro atoms. The summed E-state index contributed by atoms with van der Waals surface area (Å²) < 4.78 is 2.09. The number of nitrogens with zero attached hydrogens (tertiary/aromatic N) is 4. The molecular weight excluding hydrogens is 302 g/mol. The highest BCUT2D eigenvalue weighted by atomic mass is 16.3. The molecule has 2 N–H and O–H groups in total. The first-order valence-electron chi connectivity index (χ1n) is 7.71. The van der Waals surface area contributed by atoms with E-state index >= 15 is 0 Å². The summed E-state index contributed by atoms with van der Waals surface area (Å²) in [6, 6.07) is 11.7. The predicted molar refractivity (Wildman–Crippen MR) is 91.6 cm³/mol. The van der Waals surface area contributed by atoms with E-state index in [1.54, 1.807) is 23.6 Å². The van der Waals surface area contributed by atoms with Crippen LogP contribution in [0.1, 0.15) is 11.1 Å². The third kappa shape index (κ3) is 2.75. The zero-order chi connectivity index (χ0) is 16.4. The topological polar surface area (TPSA) is 66.2 Å². The number of hydrogen-bond donors (Lipinski definition) is 2. The fourth-order valence-corrected chi connectivity index (χ4v) is 2.72. The third-order valence-corrected chi connectivity index (χ3v) is 3.96. The molecule has 24 heavy (non-hydrogen) atoms. The number of hydrogen-bond acceptors (Lipinski definition) is 5. The van der Waals surface area contributed by atoms with E-state index in [4.69, 9.17) is 0 Å². The van der Waals surface area contributed by atoms with Gasteiger partial charge in [0, 0.05) is 54.9 Å². The van der Waals surface area contributed by atoms with E-state index < -0.39 is 6.23 Å². The second-order valence-corrected chi connectivity index (χ2v) is 5.59. The number of rotatable bonds is 4. The summed E-state index contributed by atoms with van der Waals surface area (Å²) in [5, 5.41) is 12.2. The molecule has 0 radical (unpaired) electrons. The lowest BCUT2D eigenvalue weighted by molar-refractivity contribution is 0.225. The van der Waals surface area contributed by atoms with Crippen LogP contribution in [0.3, 0.4) is 0 Å². The Kier molecular flexibility index (Phi) is 3.72. The zero-order valence-corrected chi connectivity index (χ0v) is 12.9. The van der Waals surface area contributed by atoms with Crippen molar-refractivity contribution >= 4 is 11.4 Å². The molecule has 4 rings (SSSR count). The Bertz CT molecular complexity index is 828. The van der Waals surface area contributed by atoms with Crippen LogP contribution in [0.5, 0.6) is 0 Å². The Morgan fingerprint density at radius 2 is 1.96 bits per heavy atom. The van der Waals surface area contributed by atoms with Crippen LogP contribution in [0.4, 0.5) is 5.82 Å². The van der Waals surface area contributed by atoms with Gasteiger partial charge in [-0.15, -0.1) is 0 Å². The summed E-state index contributed by atoms with van der Waals surface area (Å²) in [4.78, 5) is 8.55. The molecule has 0 aromatic carbocycles. The molecule has 0 fully saturated rings. The van der Waals surface area contributed by atoms with Crippen LogP contribution in [0.2, 0.25) is 0 Å². The molecule has 0 aliphatic carbocycles. The summed E-state index contributed by atoms with van der Waals surface area (Å²) in [6.45, 7) is 0.773. The number of nitrogens with one attached hydrogen (secondary N) is 1. The maximum absolute atomic E-state index is 10.6. The highest BCUT2D eigenvalue weighted by Gasteiger charge is 2.27. The second kappa shape index (κ2) is 6.17. The molecule has 4 heterocycles. The Morgan fingerprint density at radius 1 is 1.08 bits per heavy atom. The molecule has 6 nitrogen and oxygen atoms in total. The highest BCUT2D eigenvalue weighted by molar-refractivity contribution is 5.73. The first-order chi connectivity index (χ1) is 11.8. The lowest BCUT2D eigenvalue weighted by atomic mass is 10.1. The SMILES string of the molecule is OC1C(c2cccnc2)=CNN1c1ccc(Cn2cccc2)cn1. The second-order valence-electron chi connectivity index (χ2n) is 5.59. The van der Waals surface area contributed by atoms with Crippen LogP contribution in [0.15, 0.2) is 73.6 Å². The minimum atomic E-state index is -0.808. The number of aromatic nitrogens is 3. The Balaban J connectivity index is 1.49. The molecule has 0 amide bonds. The number of aliphatic hydroxyl groups excluding tert-OH is 1.